The second-order valence-corrected chi connectivity index (χ2v) is 11.0. The SMILES string of the molecule is Cc1c(-c2ncco2)sc2c1c(=O)n(C(C)(C)C(N)=O)c(=O)n2C[C@H](OC1CCOCC1)c1ccccc1O. The molecule has 3 N–H and O–H groups in total. The maximum absolute atomic E-state index is 14.1. The van der Waals surface area contributed by atoms with E-state index in [2.05, 4.69) is 4.98 Å². The van der Waals surface area contributed by atoms with Crippen molar-refractivity contribution in [3.63, 3.8) is 0 Å². The van der Waals surface area contributed by atoms with Gasteiger partial charge in [-0.3, -0.25) is 14.2 Å². The number of nitrogens with two attached hydrogens (primary N) is 1. The molecule has 1 atom stereocenters. The Morgan fingerprint density at radius 3 is 2.64 bits per heavy atom. The molecule has 5 rings (SSSR count). The number of rotatable bonds is 8. The lowest BCUT2D eigenvalue weighted by atomic mass is 10.0. The van der Waals surface area contributed by atoms with Gasteiger partial charge in [-0.05, 0) is 45.2 Å². The molecule has 0 aliphatic carbocycles. The zero-order valence-corrected chi connectivity index (χ0v) is 22.7. The van der Waals surface area contributed by atoms with Crippen LogP contribution in [0, 0.1) is 6.92 Å². The van der Waals surface area contributed by atoms with Crippen LogP contribution in [0.25, 0.3) is 21.0 Å². The lowest BCUT2D eigenvalue weighted by Gasteiger charge is -2.30. The number of aryl methyl sites for hydroxylation is 1. The van der Waals surface area contributed by atoms with Crippen molar-refractivity contribution >= 4 is 27.5 Å². The number of nitrogens with zero attached hydrogens (tertiary/aromatic N) is 3. The van der Waals surface area contributed by atoms with Gasteiger partial charge >= 0.3 is 5.69 Å². The van der Waals surface area contributed by atoms with E-state index < -0.39 is 28.8 Å². The van der Waals surface area contributed by atoms with Gasteiger partial charge in [0.15, 0.2) is 0 Å². The van der Waals surface area contributed by atoms with Crippen molar-refractivity contribution in [2.45, 2.75) is 57.9 Å². The lowest BCUT2D eigenvalue weighted by Crippen LogP contribution is -2.54. The predicted molar refractivity (Wildman–Crippen MR) is 145 cm³/mol. The molecule has 0 saturated carbocycles. The minimum atomic E-state index is -1.62. The Hall–Kier alpha value is -3.74. The zero-order valence-electron chi connectivity index (χ0n) is 21.9. The molecular formula is C27H30N4O7S. The molecule has 0 bridgehead atoms. The topological polar surface area (TPSA) is 152 Å². The first-order valence-corrected chi connectivity index (χ1v) is 13.4. The molecule has 1 amide bonds. The quantitative estimate of drug-likeness (QED) is 0.337. The molecule has 1 saturated heterocycles. The van der Waals surface area contributed by atoms with Gasteiger partial charge < -0.3 is 24.7 Å². The van der Waals surface area contributed by atoms with Crippen molar-refractivity contribution in [1.82, 2.24) is 14.1 Å². The number of hydrogen-bond acceptors (Lipinski definition) is 9. The van der Waals surface area contributed by atoms with Gasteiger partial charge in [-0.2, -0.15) is 0 Å². The second-order valence-electron chi connectivity index (χ2n) is 10.0. The summed E-state index contributed by atoms with van der Waals surface area (Å²) in [5.41, 5.74) is 3.75. The number of phenols is 1. The molecule has 1 aliphatic rings. The lowest BCUT2D eigenvalue weighted by molar-refractivity contribution is -0.125. The summed E-state index contributed by atoms with van der Waals surface area (Å²) in [4.78, 5) is 45.5. The molecule has 1 aliphatic heterocycles. The van der Waals surface area contributed by atoms with Crippen LogP contribution in [0.15, 0.2) is 50.7 Å². The van der Waals surface area contributed by atoms with E-state index in [4.69, 9.17) is 19.6 Å². The normalized spacial score (nSPS) is 15.6. The Labute approximate surface area is 227 Å². The highest BCUT2D eigenvalue weighted by atomic mass is 32.1. The van der Waals surface area contributed by atoms with Crippen molar-refractivity contribution in [2.24, 2.45) is 5.73 Å². The highest BCUT2D eigenvalue weighted by Gasteiger charge is 2.35. The summed E-state index contributed by atoms with van der Waals surface area (Å²) >= 11 is 1.19. The van der Waals surface area contributed by atoms with Gasteiger partial charge in [-0.15, -0.1) is 11.3 Å². The summed E-state index contributed by atoms with van der Waals surface area (Å²) in [6.45, 7) is 5.67. The monoisotopic (exact) mass is 554 g/mol. The largest absolute Gasteiger partial charge is 0.508 e. The summed E-state index contributed by atoms with van der Waals surface area (Å²) < 4.78 is 19.8. The van der Waals surface area contributed by atoms with Gasteiger partial charge in [0, 0.05) is 18.8 Å². The molecule has 1 fully saturated rings. The molecule has 4 aromatic rings. The van der Waals surface area contributed by atoms with Crippen LogP contribution in [0.2, 0.25) is 0 Å². The van der Waals surface area contributed by atoms with Crippen LogP contribution in [0.3, 0.4) is 0 Å². The Morgan fingerprint density at radius 2 is 2.00 bits per heavy atom. The number of hydrogen-bond donors (Lipinski definition) is 2. The number of primary amides is 1. The van der Waals surface area contributed by atoms with Crippen LogP contribution < -0.4 is 17.0 Å². The van der Waals surface area contributed by atoms with Crippen molar-refractivity contribution < 1.29 is 23.8 Å². The molecule has 0 radical (unpaired) electrons. The molecule has 206 valence electrons. The van der Waals surface area contributed by atoms with Gasteiger partial charge in [-0.1, -0.05) is 18.2 Å². The first-order valence-electron chi connectivity index (χ1n) is 12.6. The number of amides is 1. The number of benzene rings is 1. The smallest absolute Gasteiger partial charge is 0.333 e. The van der Waals surface area contributed by atoms with E-state index in [0.29, 0.717) is 52.8 Å². The third-order valence-electron chi connectivity index (χ3n) is 7.16. The summed E-state index contributed by atoms with van der Waals surface area (Å²) in [5, 5.41) is 11.0. The summed E-state index contributed by atoms with van der Waals surface area (Å²) in [6, 6.07) is 6.78. The van der Waals surface area contributed by atoms with Crippen LogP contribution in [-0.2, 0) is 26.4 Å². The fourth-order valence-corrected chi connectivity index (χ4v) is 6.08. The first kappa shape index (κ1) is 26.9. The van der Waals surface area contributed by atoms with Crippen LogP contribution >= 0.6 is 11.3 Å². The molecule has 4 heterocycles. The van der Waals surface area contributed by atoms with Gasteiger partial charge in [0.2, 0.25) is 11.8 Å². The standard InChI is InChI=1S/C27H30N4O7S/c1-15-20-23(33)31(27(2,3)25(28)34)26(35)30(24(20)39-21(15)22-29-10-13-37-22)14-19(17-6-4-5-7-18(17)32)38-16-8-11-36-12-9-16/h4-7,10,13,16,19,32H,8-9,11-12,14H2,1-3H3,(H2,28,34)/t19-/m0/s1. The van der Waals surface area contributed by atoms with Crippen molar-refractivity contribution in [1.29, 1.82) is 0 Å². The Bertz CT molecular complexity index is 1630. The van der Waals surface area contributed by atoms with E-state index in [9.17, 15) is 19.5 Å². The number of carbonyl (C=O) groups is 1. The number of phenolic OH excluding ortho intramolecular Hbond substituents is 1. The third-order valence-corrected chi connectivity index (χ3v) is 8.46. The van der Waals surface area contributed by atoms with E-state index in [-0.39, 0.29) is 23.8 Å². The number of aromatic hydroxyl groups is 1. The maximum Gasteiger partial charge on any atom is 0.333 e. The van der Waals surface area contributed by atoms with Gasteiger partial charge in [0.1, 0.15) is 28.5 Å². The van der Waals surface area contributed by atoms with Crippen LogP contribution in [-0.4, -0.2) is 44.4 Å². The molecular weight excluding hydrogens is 524 g/mol. The maximum atomic E-state index is 14.1. The van der Waals surface area contributed by atoms with Crippen LogP contribution in [0.5, 0.6) is 5.75 Å². The Morgan fingerprint density at radius 1 is 1.28 bits per heavy atom. The van der Waals surface area contributed by atoms with Crippen LogP contribution in [0.4, 0.5) is 0 Å². The molecule has 1 aromatic carbocycles. The fraction of sp³-hybridized carbons (Fsp3) is 0.407. The summed E-state index contributed by atoms with van der Waals surface area (Å²) in [6.07, 6.45) is 3.35. The Kier molecular flexibility index (Phi) is 7.19. The van der Waals surface area contributed by atoms with E-state index in [1.165, 1.54) is 42.2 Å². The molecule has 12 heteroatoms. The molecule has 11 nitrogen and oxygen atoms in total. The van der Waals surface area contributed by atoms with E-state index in [1.54, 1.807) is 31.2 Å². The average molecular weight is 555 g/mol. The highest BCUT2D eigenvalue weighted by molar-refractivity contribution is 7.22. The van der Waals surface area contributed by atoms with E-state index in [1.807, 2.05) is 0 Å². The number of oxazole rings is 1. The van der Waals surface area contributed by atoms with Crippen molar-refractivity contribution in [3.8, 4) is 16.5 Å². The van der Waals surface area contributed by atoms with E-state index >= 15 is 0 Å². The number of carbonyl (C=O) groups excluding carboxylic acids is 1. The number of para-hydroxylation sites is 1. The number of aromatic nitrogens is 3. The van der Waals surface area contributed by atoms with Crippen molar-refractivity contribution in [3.05, 3.63) is 68.7 Å². The molecule has 39 heavy (non-hydrogen) atoms. The number of ether oxygens (including phenoxy) is 2. The molecule has 0 spiro atoms. The predicted octanol–water partition coefficient (Wildman–Crippen LogP) is 3.05. The van der Waals surface area contributed by atoms with Gasteiger partial charge in [0.25, 0.3) is 5.56 Å². The first-order chi connectivity index (χ1) is 18.6. The second kappa shape index (κ2) is 10.4. The average Bonchev–Trinajstić information content (AvgIpc) is 3.55. The number of thiophene rings is 1. The Balaban J connectivity index is 1.75. The van der Waals surface area contributed by atoms with Gasteiger partial charge in [0.05, 0.1) is 29.1 Å². The molecule has 3 aromatic heterocycles. The van der Waals surface area contributed by atoms with Gasteiger partial charge in [-0.25, -0.2) is 14.3 Å². The number of fused-ring (bicyclic) bond motifs is 1. The molecule has 0 unspecified atom stereocenters. The highest BCUT2D eigenvalue weighted by Crippen LogP contribution is 2.37. The third kappa shape index (κ3) is 4.79. The zero-order chi connectivity index (χ0) is 27.9. The minimum absolute atomic E-state index is 0.0208. The summed E-state index contributed by atoms with van der Waals surface area (Å²) in [5.74, 6) is -0.500. The van der Waals surface area contributed by atoms with Crippen molar-refractivity contribution in [2.75, 3.05) is 13.2 Å². The summed E-state index contributed by atoms with van der Waals surface area (Å²) in [7, 11) is 0. The van der Waals surface area contributed by atoms with E-state index in [0.717, 1.165) is 4.57 Å². The minimum Gasteiger partial charge on any atom is -0.508 e. The van der Waals surface area contributed by atoms with Crippen LogP contribution in [0.1, 0.15) is 43.9 Å². The fourth-order valence-electron chi connectivity index (χ4n) is 4.83.